The maximum atomic E-state index is 12.6. The molecule has 8 nitrogen and oxygen atoms in total. The van der Waals surface area contributed by atoms with Gasteiger partial charge in [-0.3, -0.25) is 14.5 Å². The summed E-state index contributed by atoms with van der Waals surface area (Å²) in [6.45, 7) is 3.02. The van der Waals surface area contributed by atoms with Crippen LogP contribution >= 0.6 is 0 Å². The zero-order chi connectivity index (χ0) is 20.5. The zero-order valence-corrected chi connectivity index (χ0v) is 15.7. The second kappa shape index (κ2) is 7.31. The summed E-state index contributed by atoms with van der Waals surface area (Å²) in [5.41, 5.74) is 1.29. The lowest BCUT2D eigenvalue weighted by molar-refractivity contribution is -0.153. The van der Waals surface area contributed by atoms with E-state index in [2.05, 4.69) is 10.2 Å². The molecule has 0 fully saturated rings. The Bertz CT molecular complexity index is 1060. The van der Waals surface area contributed by atoms with Crippen molar-refractivity contribution in [2.24, 2.45) is 0 Å². The zero-order valence-electron chi connectivity index (χ0n) is 15.7. The number of carbonyl (C=O) groups excluding carboxylic acids is 3. The van der Waals surface area contributed by atoms with Crippen molar-refractivity contribution in [3.8, 4) is 11.5 Å². The number of carbonyl (C=O) groups is 3. The quantitative estimate of drug-likeness (QED) is 0.486. The van der Waals surface area contributed by atoms with Crippen LogP contribution in [0, 0.1) is 0 Å². The molecule has 29 heavy (non-hydrogen) atoms. The average Bonchev–Trinajstić information content (AvgIpc) is 3.33. The molecule has 2 aromatic carbocycles. The Morgan fingerprint density at radius 3 is 2.14 bits per heavy atom. The highest BCUT2D eigenvalue weighted by atomic mass is 16.6. The van der Waals surface area contributed by atoms with E-state index in [0.29, 0.717) is 5.89 Å². The maximum absolute atomic E-state index is 12.6. The van der Waals surface area contributed by atoms with Crippen LogP contribution < -0.4 is 0 Å². The molecule has 4 rings (SSSR count). The van der Waals surface area contributed by atoms with Crippen LogP contribution in [0.1, 0.15) is 46.6 Å². The molecule has 0 radical (unpaired) electrons. The van der Waals surface area contributed by atoms with Crippen molar-refractivity contribution in [2.75, 3.05) is 0 Å². The number of imide groups is 1. The first-order valence-corrected chi connectivity index (χ1v) is 9.03. The molecule has 146 valence electrons. The summed E-state index contributed by atoms with van der Waals surface area (Å²) in [5.74, 6) is -1.37. The molecule has 0 saturated heterocycles. The number of nitrogens with zero attached hydrogens (tertiary/aromatic N) is 3. The fourth-order valence-corrected chi connectivity index (χ4v) is 3.08. The van der Waals surface area contributed by atoms with Crippen molar-refractivity contribution in [2.45, 2.75) is 26.0 Å². The number of hydrogen-bond donors (Lipinski definition) is 0. The highest BCUT2D eigenvalue weighted by Crippen LogP contribution is 2.26. The van der Waals surface area contributed by atoms with E-state index in [0.717, 1.165) is 10.5 Å². The van der Waals surface area contributed by atoms with E-state index in [9.17, 15) is 14.4 Å². The van der Waals surface area contributed by atoms with E-state index in [1.807, 2.05) is 30.3 Å². The summed E-state index contributed by atoms with van der Waals surface area (Å²) in [5, 5.41) is 7.89. The monoisotopic (exact) mass is 391 g/mol. The summed E-state index contributed by atoms with van der Waals surface area (Å²) in [4.78, 5) is 38.5. The van der Waals surface area contributed by atoms with Gasteiger partial charge in [0.05, 0.1) is 11.1 Å². The van der Waals surface area contributed by atoms with E-state index in [1.54, 1.807) is 31.2 Å². The number of esters is 1. The van der Waals surface area contributed by atoms with Crippen LogP contribution in [0.25, 0.3) is 11.5 Å². The fraction of sp³-hybridized carbons (Fsp3) is 0.190. The lowest BCUT2D eigenvalue weighted by atomic mass is 10.1. The topological polar surface area (TPSA) is 103 Å². The summed E-state index contributed by atoms with van der Waals surface area (Å²) >= 11 is 0. The number of fused-ring (bicyclic) bond motifs is 1. The minimum absolute atomic E-state index is 0.117. The van der Waals surface area contributed by atoms with Gasteiger partial charge in [-0.05, 0) is 38.1 Å². The van der Waals surface area contributed by atoms with Gasteiger partial charge in [-0.1, -0.05) is 30.3 Å². The van der Waals surface area contributed by atoms with E-state index in [4.69, 9.17) is 9.15 Å². The predicted octanol–water partition coefficient (Wildman–Crippen LogP) is 3.03. The molecule has 0 aliphatic carbocycles. The Hall–Kier alpha value is -3.81. The van der Waals surface area contributed by atoms with Crippen molar-refractivity contribution < 1.29 is 23.5 Å². The molecule has 2 heterocycles. The van der Waals surface area contributed by atoms with Crippen LogP contribution in [-0.4, -0.2) is 38.9 Å². The van der Waals surface area contributed by atoms with Crippen LogP contribution in [-0.2, 0) is 9.53 Å². The van der Waals surface area contributed by atoms with Gasteiger partial charge in [0.2, 0.25) is 5.89 Å². The number of hydrogen-bond acceptors (Lipinski definition) is 7. The number of aromatic nitrogens is 2. The Morgan fingerprint density at radius 1 is 0.931 bits per heavy atom. The molecular formula is C21H17N3O5. The number of amides is 2. The molecule has 2 atom stereocenters. The standard InChI is InChI=1S/C21H17N3O5/c1-12(24-19(25)15-10-6-7-11-16(15)20(24)26)21(27)28-13(2)17-22-23-18(29-17)14-8-4-3-5-9-14/h3-13H,1-2H3/t12-,13-/m1/s1. The largest absolute Gasteiger partial charge is 0.451 e. The third-order valence-electron chi connectivity index (χ3n) is 4.66. The maximum Gasteiger partial charge on any atom is 0.329 e. The van der Waals surface area contributed by atoms with Crippen molar-refractivity contribution in [1.29, 1.82) is 0 Å². The summed E-state index contributed by atoms with van der Waals surface area (Å²) in [6, 6.07) is 14.5. The smallest absolute Gasteiger partial charge is 0.329 e. The first-order valence-electron chi connectivity index (χ1n) is 9.03. The van der Waals surface area contributed by atoms with Crippen LogP contribution in [0.3, 0.4) is 0 Å². The predicted molar refractivity (Wildman–Crippen MR) is 101 cm³/mol. The first kappa shape index (κ1) is 18.5. The lowest BCUT2D eigenvalue weighted by Crippen LogP contribution is -2.43. The normalized spacial score (nSPS) is 15.2. The highest BCUT2D eigenvalue weighted by Gasteiger charge is 2.41. The van der Waals surface area contributed by atoms with Crippen molar-refractivity contribution in [3.05, 3.63) is 71.6 Å². The molecule has 3 aromatic rings. The first-order chi connectivity index (χ1) is 14.0. The third kappa shape index (κ3) is 3.29. The number of benzene rings is 2. The van der Waals surface area contributed by atoms with E-state index in [1.165, 1.54) is 6.92 Å². The molecule has 0 spiro atoms. The van der Waals surface area contributed by atoms with E-state index >= 15 is 0 Å². The van der Waals surface area contributed by atoms with Crippen molar-refractivity contribution >= 4 is 17.8 Å². The summed E-state index contributed by atoms with van der Waals surface area (Å²) in [6.07, 6.45) is -0.843. The Labute approximate surface area is 166 Å². The highest BCUT2D eigenvalue weighted by molar-refractivity contribution is 6.22. The second-order valence-electron chi connectivity index (χ2n) is 6.59. The van der Waals surface area contributed by atoms with Crippen molar-refractivity contribution in [1.82, 2.24) is 15.1 Å². The molecule has 1 aliphatic heterocycles. The molecule has 0 unspecified atom stereocenters. The van der Waals surface area contributed by atoms with Crippen LogP contribution in [0.2, 0.25) is 0 Å². The molecule has 2 amide bonds. The fourth-order valence-electron chi connectivity index (χ4n) is 3.08. The van der Waals surface area contributed by atoms with Gasteiger partial charge in [-0.25, -0.2) is 4.79 Å². The molecule has 0 bridgehead atoms. The van der Waals surface area contributed by atoms with Gasteiger partial charge in [0.1, 0.15) is 6.04 Å². The molecule has 1 aromatic heterocycles. The SMILES string of the molecule is C[C@H](C(=O)O[C@H](C)c1nnc(-c2ccccc2)o1)N1C(=O)c2ccccc2C1=O. The third-order valence-corrected chi connectivity index (χ3v) is 4.66. The van der Waals surface area contributed by atoms with Gasteiger partial charge >= 0.3 is 5.97 Å². The van der Waals surface area contributed by atoms with Gasteiger partial charge in [0, 0.05) is 5.56 Å². The molecule has 0 saturated carbocycles. The van der Waals surface area contributed by atoms with Crippen LogP contribution in [0.15, 0.2) is 59.0 Å². The summed E-state index contributed by atoms with van der Waals surface area (Å²) < 4.78 is 11.0. The molecular weight excluding hydrogens is 374 g/mol. The van der Waals surface area contributed by atoms with E-state index in [-0.39, 0.29) is 17.0 Å². The van der Waals surface area contributed by atoms with Gasteiger partial charge in [-0.2, -0.15) is 0 Å². The van der Waals surface area contributed by atoms with Gasteiger partial charge in [-0.15, -0.1) is 10.2 Å². The van der Waals surface area contributed by atoms with Gasteiger partial charge < -0.3 is 9.15 Å². The van der Waals surface area contributed by atoms with Crippen molar-refractivity contribution in [3.63, 3.8) is 0 Å². The Balaban J connectivity index is 1.46. The minimum Gasteiger partial charge on any atom is -0.451 e. The average molecular weight is 391 g/mol. The van der Waals surface area contributed by atoms with Gasteiger partial charge in [0.25, 0.3) is 17.7 Å². The minimum atomic E-state index is -1.10. The summed E-state index contributed by atoms with van der Waals surface area (Å²) in [7, 11) is 0. The number of ether oxygens (including phenoxy) is 1. The second-order valence-corrected chi connectivity index (χ2v) is 6.59. The molecule has 8 heteroatoms. The van der Waals surface area contributed by atoms with Crippen LogP contribution in [0.5, 0.6) is 0 Å². The Kier molecular flexibility index (Phi) is 4.67. The van der Waals surface area contributed by atoms with Crippen LogP contribution in [0.4, 0.5) is 0 Å². The Morgan fingerprint density at radius 2 is 1.52 bits per heavy atom. The van der Waals surface area contributed by atoms with Gasteiger partial charge in [0.15, 0.2) is 6.10 Å². The molecule has 1 aliphatic rings. The number of rotatable bonds is 5. The molecule has 0 N–H and O–H groups in total. The lowest BCUT2D eigenvalue weighted by Gasteiger charge is -2.22. The van der Waals surface area contributed by atoms with E-state index < -0.39 is 29.9 Å².